The Morgan fingerprint density at radius 3 is 2.57 bits per heavy atom. The zero-order valence-electron chi connectivity index (χ0n) is 11.5. The Morgan fingerprint density at radius 2 is 1.76 bits per heavy atom. The maximum absolute atomic E-state index is 12.0. The van der Waals surface area contributed by atoms with E-state index in [2.05, 4.69) is 4.98 Å². The van der Waals surface area contributed by atoms with Gasteiger partial charge in [-0.3, -0.25) is 4.79 Å². The molecule has 106 valence electrons. The molecule has 0 radical (unpaired) electrons. The SMILES string of the molecule is O=c1cnc2ccccc2n1CCC(O)c1ccccc1. The van der Waals surface area contributed by atoms with Crippen LogP contribution in [-0.2, 0) is 6.54 Å². The average Bonchev–Trinajstić information content (AvgIpc) is 2.54. The summed E-state index contributed by atoms with van der Waals surface area (Å²) in [6, 6.07) is 17.0. The second-order valence-electron chi connectivity index (χ2n) is 4.95. The van der Waals surface area contributed by atoms with Gasteiger partial charge in [-0.25, -0.2) is 4.98 Å². The molecule has 4 heteroatoms. The first-order valence-corrected chi connectivity index (χ1v) is 6.93. The van der Waals surface area contributed by atoms with Gasteiger partial charge in [-0.05, 0) is 24.1 Å². The first-order valence-electron chi connectivity index (χ1n) is 6.93. The molecule has 3 aromatic rings. The molecule has 0 aliphatic carbocycles. The zero-order valence-corrected chi connectivity index (χ0v) is 11.5. The van der Waals surface area contributed by atoms with Crippen molar-refractivity contribution in [2.24, 2.45) is 0 Å². The first-order chi connectivity index (χ1) is 10.3. The number of aliphatic hydroxyl groups is 1. The van der Waals surface area contributed by atoms with E-state index in [1.165, 1.54) is 6.20 Å². The van der Waals surface area contributed by atoms with Crippen LogP contribution < -0.4 is 5.56 Å². The fourth-order valence-electron chi connectivity index (χ4n) is 2.44. The second kappa shape index (κ2) is 5.89. The Morgan fingerprint density at radius 1 is 1.05 bits per heavy atom. The maximum Gasteiger partial charge on any atom is 0.269 e. The van der Waals surface area contributed by atoms with Gasteiger partial charge in [-0.1, -0.05) is 42.5 Å². The fraction of sp³-hybridized carbons (Fsp3) is 0.176. The minimum atomic E-state index is -0.579. The largest absolute Gasteiger partial charge is 0.388 e. The van der Waals surface area contributed by atoms with Crippen molar-refractivity contribution in [1.29, 1.82) is 0 Å². The van der Waals surface area contributed by atoms with Crippen LogP contribution in [-0.4, -0.2) is 14.7 Å². The number of aromatic nitrogens is 2. The van der Waals surface area contributed by atoms with Gasteiger partial charge in [-0.15, -0.1) is 0 Å². The summed E-state index contributed by atoms with van der Waals surface area (Å²) in [4.78, 5) is 16.1. The van der Waals surface area contributed by atoms with Crippen molar-refractivity contribution in [3.8, 4) is 0 Å². The molecule has 1 N–H and O–H groups in total. The van der Waals surface area contributed by atoms with Gasteiger partial charge in [0.1, 0.15) is 0 Å². The van der Waals surface area contributed by atoms with Crippen LogP contribution in [0.25, 0.3) is 11.0 Å². The number of benzene rings is 2. The summed E-state index contributed by atoms with van der Waals surface area (Å²) in [7, 11) is 0. The summed E-state index contributed by atoms with van der Waals surface area (Å²) in [5, 5.41) is 10.2. The number of rotatable bonds is 4. The summed E-state index contributed by atoms with van der Waals surface area (Å²) in [5.41, 5.74) is 2.30. The molecule has 0 aliphatic heterocycles. The third kappa shape index (κ3) is 2.85. The Kier molecular flexibility index (Phi) is 3.79. The van der Waals surface area contributed by atoms with Crippen molar-refractivity contribution in [3.05, 3.63) is 76.7 Å². The molecular formula is C17H16N2O2. The summed E-state index contributed by atoms with van der Waals surface area (Å²) < 4.78 is 1.66. The summed E-state index contributed by atoms with van der Waals surface area (Å²) in [5.74, 6) is 0. The van der Waals surface area contributed by atoms with E-state index in [1.54, 1.807) is 4.57 Å². The second-order valence-corrected chi connectivity index (χ2v) is 4.95. The van der Waals surface area contributed by atoms with E-state index in [4.69, 9.17) is 0 Å². The predicted molar refractivity (Wildman–Crippen MR) is 82.0 cm³/mol. The lowest BCUT2D eigenvalue weighted by molar-refractivity contribution is 0.161. The van der Waals surface area contributed by atoms with Crippen molar-refractivity contribution in [3.63, 3.8) is 0 Å². The molecule has 0 amide bonds. The van der Waals surface area contributed by atoms with Crippen LogP contribution in [0, 0.1) is 0 Å². The minimum Gasteiger partial charge on any atom is -0.388 e. The molecule has 21 heavy (non-hydrogen) atoms. The Balaban J connectivity index is 1.86. The molecule has 1 unspecified atom stereocenters. The third-order valence-corrected chi connectivity index (χ3v) is 3.56. The lowest BCUT2D eigenvalue weighted by Crippen LogP contribution is -2.21. The molecular weight excluding hydrogens is 264 g/mol. The maximum atomic E-state index is 12.0. The number of aliphatic hydroxyl groups excluding tert-OH is 1. The Labute approximate surface area is 122 Å². The van der Waals surface area contributed by atoms with Crippen LogP contribution in [0.4, 0.5) is 0 Å². The normalized spacial score (nSPS) is 12.4. The molecule has 1 heterocycles. The Hall–Kier alpha value is -2.46. The monoisotopic (exact) mass is 280 g/mol. The van der Waals surface area contributed by atoms with Crippen LogP contribution in [0.1, 0.15) is 18.1 Å². The molecule has 0 saturated heterocycles. The van der Waals surface area contributed by atoms with Crippen LogP contribution >= 0.6 is 0 Å². The van der Waals surface area contributed by atoms with Gasteiger partial charge in [0.2, 0.25) is 0 Å². The summed E-state index contributed by atoms with van der Waals surface area (Å²) >= 11 is 0. The number of hydrogen-bond acceptors (Lipinski definition) is 3. The van der Waals surface area contributed by atoms with Crippen molar-refractivity contribution >= 4 is 11.0 Å². The van der Waals surface area contributed by atoms with Crippen molar-refractivity contribution in [2.75, 3.05) is 0 Å². The van der Waals surface area contributed by atoms with Crippen molar-refractivity contribution in [2.45, 2.75) is 19.1 Å². The molecule has 3 rings (SSSR count). The summed E-state index contributed by atoms with van der Waals surface area (Å²) in [6.07, 6.45) is 1.24. The molecule has 2 aromatic carbocycles. The van der Waals surface area contributed by atoms with E-state index >= 15 is 0 Å². The number of para-hydroxylation sites is 2. The van der Waals surface area contributed by atoms with Gasteiger partial charge in [-0.2, -0.15) is 0 Å². The predicted octanol–water partition coefficient (Wildman–Crippen LogP) is 2.52. The smallest absolute Gasteiger partial charge is 0.269 e. The van der Waals surface area contributed by atoms with Crippen molar-refractivity contribution in [1.82, 2.24) is 9.55 Å². The highest BCUT2D eigenvalue weighted by Gasteiger charge is 2.09. The average molecular weight is 280 g/mol. The van der Waals surface area contributed by atoms with Gasteiger partial charge in [0.25, 0.3) is 5.56 Å². The van der Waals surface area contributed by atoms with Gasteiger partial charge < -0.3 is 9.67 Å². The Bertz CT molecular complexity index is 796. The highest BCUT2D eigenvalue weighted by Crippen LogP contribution is 2.17. The van der Waals surface area contributed by atoms with E-state index in [-0.39, 0.29) is 5.56 Å². The first kappa shape index (κ1) is 13.5. The highest BCUT2D eigenvalue weighted by molar-refractivity contribution is 5.74. The topological polar surface area (TPSA) is 55.1 Å². The number of nitrogens with zero attached hydrogens (tertiary/aromatic N) is 2. The van der Waals surface area contributed by atoms with Gasteiger partial charge in [0.05, 0.1) is 23.3 Å². The molecule has 0 fully saturated rings. The molecule has 0 aliphatic rings. The number of hydrogen-bond donors (Lipinski definition) is 1. The fourth-order valence-corrected chi connectivity index (χ4v) is 2.44. The van der Waals surface area contributed by atoms with E-state index in [0.29, 0.717) is 13.0 Å². The zero-order chi connectivity index (χ0) is 14.7. The molecule has 0 bridgehead atoms. The van der Waals surface area contributed by atoms with E-state index in [0.717, 1.165) is 16.6 Å². The van der Waals surface area contributed by atoms with E-state index < -0.39 is 6.10 Å². The third-order valence-electron chi connectivity index (χ3n) is 3.56. The molecule has 1 atom stereocenters. The quantitative estimate of drug-likeness (QED) is 0.799. The van der Waals surface area contributed by atoms with Crippen LogP contribution in [0.2, 0.25) is 0 Å². The lowest BCUT2D eigenvalue weighted by Gasteiger charge is -2.13. The van der Waals surface area contributed by atoms with Gasteiger partial charge in [0, 0.05) is 6.54 Å². The minimum absolute atomic E-state index is 0.144. The van der Waals surface area contributed by atoms with Gasteiger partial charge >= 0.3 is 0 Å². The highest BCUT2D eigenvalue weighted by atomic mass is 16.3. The molecule has 0 saturated carbocycles. The molecule has 4 nitrogen and oxygen atoms in total. The van der Waals surface area contributed by atoms with E-state index in [9.17, 15) is 9.90 Å². The van der Waals surface area contributed by atoms with Crippen molar-refractivity contribution < 1.29 is 5.11 Å². The molecule has 0 spiro atoms. The lowest BCUT2D eigenvalue weighted by atomic mass is 10.1. The van der Waals surface area contributed by atoms with Gasteiger partial charge in [0.15, 0.2) is 0 Å². The van der Waals surface area contributed by atoms with E-state index in [1.807, 2.05) is 54.6 Å². The molecule has 1 aromatic heterocycles. The van der Waals surface area contributed by atoms with Crippen LogP contribution in [0.5, 0.6) is 0 Å². The van der Waals surface area contributed by atoms with Crippen LogP contribution in [0.3, 0.4) is 0 Å². The summed E-state index contributed by atoms with van der Waals surface area (Å²) in [6.45, 7) is 0.456. The number of fused-ring (bicyclic) bond motifs is 1. The number of aryl methyl sites for hydroxylation is 1. The van der Waals surface area contributed by atoms with Crippen LogP contribution in [0.15, 0.2) is 65.6 Å². The standard InChI is InChI=1S/C17H16N2O2/c20-16(13-6-2-1-3-7-13)10-11-19-15-9-5-4-8-14(15)18-12-17(19)21/h1-9,12,16,20H,10-11H2.